The van der Waals surface area contributed by atoms with Gasteiger partial charge in [0, 0.05) is 12.1 Å². The van der Waals surface area contributed by atoms with Crippen LogP contribution in [0.4, 0.5) is 14.5 Å². The third kappa shape index (κ3) is 3.35. The molecule has 0 aromatic heterocycles. The van der Waals surface area contributed by atoms with Crippen molar-refractivity contribution >= 4 is 5.69 Å². The monoisotopic (exact) mass is 275 g/mol. The van der Waals surface area contributed by atoms with Crippen LogP contribution in [-0.4, -0.2) is 0 Å². The van der Waals surface area contributed by atoms with Gasteiger partial charge in [0.1, 0.15) is 11.6 Å². The van der Waals surface area contributed by atoms with Gasteiger partial charge in [-0.3, -0.25) is 0 Å². The predicted molar refractivity (Wildman–Crippen MR) is 78.9 cm³/mol. The van der Waals surface area contributed by atoms with Gasteiger partial charge in [0.05, 0.1) is 5.69 Å². The van der Waals surface area contributed by atoms with E-state index in [9.17, 15) is 8.78 Å². The maximum atomic E-state index is 13.6. The zero-order chi connectivity index (χ0) is 14.7. The van der Waals surface area contributed by atoms with Gasteiger partial charge in [0.25, 0.3) is 0 Å². The zero-order valence-corrected chi connectivity index (χ0v) is 12.0. The minimum atomic E-state index is -0.573. The molecule has 0 radical (unpaired) electrons. The number of nitrogens with one attached hydrogen (secondary N) is 1. The number of hydrogen-bond donors (Lipinski definition) is 1. The number of benzene rings is 2. The predicted octanol–water partition coefficient (Wildman–Crippen LogP) is 5.26. The van der Waals surface area contributed by atoms with Gasteiger partial charge < -0.3 is 5.32 Å². The minimum Gasteiger partial charge on any atom is -0.376 e. The Kier molecular flexibility index (Phi) is 4.38. The highest BCUT2D eigenvalue weighted by Gasteiger charge is 2.09. The first-order valence-electron chi connectivity index (χ1n) is 6.79. The molecule has 1 atom stereocenters. The van der Waals surface area contributed by atoms with E-state index in [1.54, 1.807) is 0 Å². The normalized spacial score (nSPS) is 12.5. The summed E-state index contributed by atoms with van der Waals surface area (Å²) in [6, 6.07) is 11.7. The molecular weight excluding hydrogens is 256 g/mol. The molecule has 0 spiro atoms. The van der Waals surface area contributed by atoms with E-state index in [4.69, 9.17) is 0 Å². The molecule has 106 valence electrons. The van der Waals surface area contributed by atoms with Crippen LogP contribution < -0.4 is 5.32 Å². The Morgan fingerprint density at radius 2 is 1.45 bits per heavy atom. The van der Waals surface area contributed by atoms with Crippen LogP contribution in [0.1, 0.15) is 43.9 Å². The van der Waals surface area contributed by atoms with Gasteiger partial charge in [0.15, 0.2) is 0 Å². The number of hydrogen-bond acceptors (Lipinski definition) is 1. The van der Waals surface area contributed by atoms with Gasteiger partial charge in [-0.2, -0.15) is 0 Å². The molecule has 2 aromatic rings. The van der Waals surface area contributed by atoms with Crippen molar-refractivity contribution in [3.8, 4) is 0 Å². The van der Waals surface area contributed by atoms with Crippen molar-refractivity contribution in [1.29, 1.82) is 0 Å². The average Bonchev–Trinajstić information content (AvgIpc) is 2.42. The Labute approximate surface area is 118 Å². The molecular formula is C17H19F2N. The summed E-state index contributed by atoms with van der Waals surface area (Å²) in [5.41, 5.74) is 2.65. The molecule has 0 aliphatic carbocycles. The summed E-state index contributed by atoms with van der Waals surface area (Å²) >= 11 is 0. The maximum absolute atomic E-state index is 13.6. The van der Waals surface area contributed by atoms with E-state index in [0.717, 1.165) is 11.6 Å². The molecule has 0 aliphatic heterocycles. The first-order chi connectivity index (χ1) is 9.47. The molecule has 2 aromatic carbocycles. The molecule has 0 bridgehead atoms. The SMILES string of the molecule is CC(C)c1ccc(C(C)Nc2ccc(F)cc2F)cc1. The van der Waals surface area contributed by atoms with E-state index < -0.39 is 11.6 Å². The van der Waals surface area contributed by atoms with E-state index in [-0.39, 0.29) is 6.04 Å². The highest BCUT2D eigenvalue weighted by molar-refractivity contribution is 5.47. The van der Waals surface area contributed by atoms with Crippen LogP contribution in [0.25, 0.3) is 0 Å². The van der Waals surface area contributed by atoms with Crippen LogP contribution in [0, 0.1) is 11.6 Å². The fourth-order valence-electron chi connectivity index (χ4n) is 2.09. The average molecular weight is 275 g/mol. The van der Waals surface area contributed by atoms with Crippen LogP contribution in [0.3, 0.4) is 0 Å². The molecule has 0 saturated carbocycles. The lowest BCUT2D eigenvalue weighted by Gasteiger charge is -2.17. The number of rotatable bonds is 4. The molecule has 20 heavy (non-hydrogen) atoms. The third-order valence-electron chi connectivity index (χ3n) is 3.41. The summed E-state index contributed by atoms with van der Waals surface area (Å²) in [5.74, 6) is -0.653. The van der Waals surface area contributed by atoms with Crippen molar-refractivity contribution < 1.29 is 8.78 Å². The van der Waals surface area contributed by atoms with Gasteiger partial charge >= 0.3 is 0 Å². The van der Waals surface area contributed by atoms with Gasteiger partial charge in [-0.15, -0.1) is 0 Å². The molecule has 0 amide bonds. The second-order valence-corrected chi connectivity index (χ2v) is 5.31. The van der Waals surface area contributed by atoms with Crippen LogP contribution in [0.5, 0.6) is 0 Å². The smallest absolute Gasteiger partial charge is 0.149 e. The Bertz CT molecular complexity index is 576. The first kappa shape index (κ1) is 14.5. The minimum absolute atomic E-state index is 0.0452. The van der Waals surface area contributed by atoms with E-state index in [0.29, 0.717) is 11.6 Å². The molecule has 3 heteroatoms. The van der Waals surface area contributed by atoms with Gasteiger partial charge in [-0.05, 0) is 36.1 Å². The molecule has 1 unspecified atom stereocenters. The van der Waals surface area contributed by atoms with Gasteiger partial charge in [-0.25, -0.2) is 8.78 Å². The third-order valence-corrected chi connectivity index (χ3v) is 3.41. The van der Waals surface area contributed by atoms with Crippen molar-refractivity contribution in [2.24, 2.45) is 0 Å². The van der Waals surface area contributed by atoms with Crippen molar-refractivity contribution in [2.75, 3.05) is 5.32 Å². The first-order valence-corrected chi connectivity index (χ1v) is 6.79. The summed E-state index contributed by atoms with van der Waals surface area (Å²) < 4.78 is 26.5. The molecule has 0 saturated heterocycles. The van der Waals surface area contributed by atoms with E-state index in [1.807, 2.05) is 19.1 Å². The molecule has 0 fully saturated rings. The largest absolute Gasteiger partial charge is 0.376 e. The Balaban J connectivity index is 2.13. The quantitative estimate of drug-likeness (QED) is 0.802. The molecule has 1 nitrogen and oxygen atoms in total. The van der Waals surface area contributed by atoms with Crippen LogP contribution in [0.2, 0.25) is 0 Å². The number of halogens is 2. The van der Waals surface area contributed by atoms with E-state index in [1.165, 1.54) is 17.7 Å². The highest BCUT2D eigenvalue weighted by Crippen LogP contribution is 2.23. The van der Waals surface area contributed by atoms with Crippen molar-refractivity contribution in [3.63, 3.8) is 0 Å². The topological polar surface area (TPSA) is 12.0 Å². The van der Waals surface area contributed by atoms with Gasteiger partial charge in [0.2, 0.25) is 0 Å². The van der Waals surface area contributed by atoms with Crippen molar-refractivity contribution in [3.05, 3.63) is 65.2 Å². The van der Waals surface area contributed by atoms with Gasteiger partial charge in [-0.1, -0.05) is 38.1 Å². The standard InChI is InChI=1S/C17H19F2N/c1-11(2)13-4-6-14(7-5-13)12(3)20-17-9-8-15(18)10-16(17)19/h4-12,20H,1-3H3. The zero-order valence-electron chi connectivity index (χ0n) is 12.0. The van der Waals surface area contributed by atoms with Crippen molar-refractivity contribution in [2.45, 2.75) is 32.7 Å². The van der Waals surface area contributed by atoms with Crippen LogP contribution in [0.15, 0.2) is 42.5 Å². The van der Waals surface area contributed by atoms with E-state index in [2.05, 4.69) is 31.3 Å². The fourth-order valence-corrected chi connectivity index (χ4v) is 2.09. The summed E-state index contributed by atoms with van der Waals surface area (Å²) in [6.07, 6.45) is 0. The lowest BCUT2D eigenvalue weighted by molar-refractivity contribution is 0.584. The molecule has 0 heterocycles. The fraction of sp³-hybridized carbons (Fsp3) is 0.294. The second kappa shape index (κ2) is 6.04. The molecule has 1 N–H and O–H groups in total. The Hall–Kier alpha value is -1.90. The molecule has 2 rings (SSSR count). The van der Waals surface area contributed by atoms with Crippen LogP contribution >= 0.6 is 0 Å². The molecule has 0 aliphatic rings. The highest BCUT2D eigenvalue weighted by atomic mass is 19.1. The maximum Gasteiger partial charge on any atom is 0.149 e. The van der Waals surface area contributed by atoms with Crippen molar-refractivity contribution in [1.82, 2.24) is 0 Å². The lowest BCUT2D eigenvalue weighted by Crippen LogP contribution is -2.08. The van der Waals surface area contributed by atoms with E-state index >= 15 is 0 Å². The summed E-state index contributed by atoms with van der Waals surface area (Å²) in [5, 5.41) is 3.06. The van der Waals surface area contributed by atoms with Crippen LogP contribution in [-0.2, 0) is 0 Å². The Morgan fingerprint density at radius 3 is 2.00 bits per heavy atom. The summed E-state index contributed by atoms with van der Waals surface area (Å²) in [4.78, 5) is 0. The Morgan fingerprint density at radius 1 is 0.850 bits per heavy atom. The second-order valence-electron chi connectivity index (χ2n) is 5.31. The lowest BCUT2D eigenvalue weighted by atomic mass is 9.99. The summed E-state index contributed by atoms with van der Waals surface area (Å²) in [7, 11) is 0. The number of anilines is 1. The summed E-state index contributed by atoms with van der Waals surface area (Å²) in [6.45, 7) is 6.24.